The zero-order valence-electron chi connectivity index (χ0n) is 16.2. The van der Waals surface area contributed by atoms with E-state index in [2.05, 4.69) is 4.99 Å². The van der Waals surface area contributed by atoms with E-state index < -0.39 is 39.0 Å². The highest BCUT2D eigenvalue weighted by Gasteiger charge is 2.29. The van der Waals surface area contributed by atoms with Gasteiger partial charge in [-0.2, -0.15) is 0 Å². The lowest BCUT2D eigenvalue weighted by Gasteiger charge is -2.19. The summed E-state index contributed by atoms with van der Waals surface area (Å²) in [6.07, 6.45) is -0.396. The third-order valence-electron chi connectivity index (χ3n) is 4.89. The fourth-order valence-electron chi connectivity index (χ4n) is 3.37. The summed E-state index contributed by atoms with van der Waals surface area (Å²) >= 11 is 0. The van der Waals surface area contributed by atoms with Crippen LogP contribution in [0.25, 0.3) is 5.57 Å². The van der Waals surface area contributed by atoms with Crippen molar-refractivity contribution in [3.8, 4) is 0 Å². The molecule has 0 aromatic heterocycles. The van der Waals surface area contributed by atoms with Crippen LogP contribution in [0.2, 0.25) is 0 Å². The molecule has 2 aromatic carbocycles. The van der Waals surface area contributed by atoms with Crippen LogP contribution in [-0.4, -0.2) is 25.5 Å². The van der Waals surface area contributed by atoms with Gasteiger partial charge in [-0.25, -0.2) is 12.8 Å². The van der Waals surface area contributed by atoms with E-state index in [4.69, 9.17) is 0 Å². The first-order valence-corrected chi connectivity index (χ1v) is 10.4. The molecule has 1 aliphatic rings. The van der Waals surface area contributed by atoms with Crippen LogP contribution in [0.1, 0.15) is 39.7 Å². The Morgan fingerprint density at radius 1 is 1.14 bits per heavy atom. The normalized spacial score (nSPS) is 16.6. The number of carboxylic acid groups (broad SMARTS) is 1. The van der Waals surface area contributed by atoms with Crippen LogP contribution in [0.4, 0.5) is 4.39 Å². The van der Waals surface area contributed by atoms with Gasteiger partial charge in [-0.15, -0.1) is 0 Å². The molecule has 0 saturated heterocycles. The highest BCUT2D eigenvalue weighted by Crippen LogP contribution is 2.27. The molecule has 0 fully saturated rings. The largest absolute Gasteiger partial charge is 0.481 e. The fourth-order valence-corrected chi connectivity index (χ4v) is 4.93. The molecule has 3 rings (SSSR count). The van der Waals surface area contributed by atoms with Gasteiger partial charge in [0.1, 0.15) is 10.7 Å². The van der Waals surface area contributed by atoms with Crippen molar-refractivity contribution < 1.29 is 22.7 Å². The highest BCUT2D eigenvalue weighted by atomic mass is 32.2. The second-order valence-electron chi connectivity index (χ2n) is 7.95. The molecule has 7 heteroatoms. The standard InChI is InChI=1S/C21H22FNO4S/c1-12-15(11-18(24)25)19-17(23-12)10-9-16(22)20(19)28(26,27)14-7-5-13(6-8-14)21(2,3)4/h5-10,12H,11H2,1-4H3,(H,24,25). The van der Waals surface area contributed by atoms with Crippen LogP contribution in [-0.2, 0) is 20.0 Å². The molecule has 28 heavy (non-hydrogen) atoms. The lowest BCUT2D eigenvalue weighted by Crippen LogP contribution is -2.32. The smallest absolute Gasteiger partial charge is 0.307 e. The Hall–Kier alpha value is -2.54. The maximum Gasteiger partial charge on any atom is 0.307 e. The van der Waals surface area contributed by atoms with Gasteiger partial charge in [0, 0.05) is 5.22 Å². The van der Waals surface area contributed by atoms with Gasteiger partial charge in [0.25, 0.3) is 0 Å². The van der Waals surface area contributed by atoms with Crippen LogP contribution in [0.3, 0.4) is 0 Å². The summed E-state index contributed by atoms with van der Waals surface area (Å²) in [4.78, 5) is 15.0. The molecule has 1 N–H and O–H groups in total. The number of nitrogens with zero attached hydrogens (tertiary/aromatic N) is 1. The zero-order valence-corrected chi connectivity index (χ0v) is 17.0. The first-order valence-electron chi connectivity index (χ1n) is 8.90. The molecule has 148 valence electrons. The molecule has 1 aliphatic heterocycles. The summed E-state index contributed by atoms with van der Waals surface area (Å²) in [6, 6.07) is 8.27. The monoisotopic (exact) mass is 403 g/mol. The van der Waals surface area contributed by atoms with Crippen molar-refractivity contribution in [2.24, 2.45) is 4.99 Å². The molecule has 0 radical (unpaired) electrons. The number of rotatable bonds is 4. The summed E-state index contributed by atoms with van der Waals surface area (Å²) in [6.45, 7) is 7.70. The van der Waals surface area contributed by atoms with E-state index in [1.807, 2.05) is 20.8 Å². The maximum atomic E-state index is 14.8. The van der Waals surface area contributed by atoms with Crippen LogP contribution >= 0.6 is 0 Å². The van der Waals surface area contributed by atoms with Gasteiger partial charge in [-0.05, 0) is 47.7 Å². The Labute approximate surface area is 163 Å². The van der Waals surface area contributed by atoms with E-state index in [9.17, 15) is 22.7 Å². The highest BCUT2D eigenvalue weighted by molar-refractivity contribution is 7.91. The molecule has 1 atom stereocenters. The second kappa shape index (κ2) is 6.81. The Bertz CT molecular complexity index is 1180. The number of carboxylic acids is 1. The average Bonchev–Trinajstić information content (AvgIpc) is 2.89. The minimum atomic E-state index is -4.20. The van der Waals surface area contributed by atoms with Gasteiger partial charge in [-0.3, -0.25) is 9.79 Å². The third-order valence-corrected chi connectivity index (χ3v) is 6.72. The van der Waals surface area contributed by atoms with Gasteiger partial charge < -0.3 is 5.11 Å². The molecule has 5 nitrogen and oxygen atoms in total. The second-order valence-corrected chi connectivity index (χ2v) is 9.84. The molecule has 0 saturated carbocycles. The predicted octanol–water partition coefficient (Wildman–Crippen LogP) is 2.60. The lowest BCUT2D eigenvalue weighted by atomic mass is 9.87. The minimum absolute atomic E-state index is 0.0398. The van der Waals surface area contributed by atoms with E-state index in [0.29, 0.717) is 10.9 Å². The first kappa shape index (κ1) is 20.2. The van der Waals surface area contributed by atoms with E-state index in [1.54, 1.807) is 19.1 Å². The van der Waals surface area contributed by atoms with Crippen molar-refractivity contribution in [2.45, 2.75) is 55.4 Å². The van der Waals surface area contributed by atoms with E-state index in [-0.39, 0.29) is 15.5 Å². The molecule has 1 unspecified atom stereocenters. The van der Waals surface area contributed by atoms with Crippen LogP contribution in [0.5, 0.6) is 0 Å². The van der Waals surface area contributed by atoms with Crippen molar-refractivity contribution in [1.29, 1.82) is 0 Å². The Morgan fingerprint density at radius 3 is 2.29 bits per heavy atom. The van der Waals surface area contributed by atoms with E-state index >= 15 is 0 Å². The molecule has 2 aromatic rings. The van der Waals surface area contributed by atoms with Gasteiger partial charge in [0.2, 0.25) is 9.84 Å². The van der Waals surface area contributed by atoms with Crippen LogP contribution < -0.4 is 10.6 Å². The van der Waals surface area contributed by atoms with Crippen molar-refractivity contribution in [2.75, 3.05) is 0 Å². The van der Waals surface area contributed by atoms with Gasteiger partial charge >= 0.3 is 5.97 Å². The van der Waals surface area contributed by atoms with Crippen LogP contribution in [0.15, 0.2) is 51.2 Å². The summed E-state index contributed by atoms with van der Waals surface area (Å²) < 4.78 is 41.3. The van der Waals surface area contributed by atoms with Gasteiger partial charge in [0.05, 0.1) is 22.7 Å². The first-order chi connectivity index (χ1) is 12.9. The van der Waals surface area contributed by atoms with E-state index in [1.165, 1.54) is 18.2 Å². The van der Waals surface area contributed by atoms with Crippen molar-refractivity contribution in [1.82, 2.24) is 0 Å². The topological polar surface area (TPSA) is 83.8 Å². The molecular formula is C21H22FNO4S. The molecule has 0 bridgehead atoms. The van der Waals surface area contributed by atoms with Crippen LogP contribution in [0, 0.1) is 5.82 Å². The van der Waals surface area contributed by atoms with E-state index in [0.717, 1.165) is 11.6 Å². The van der Waals surface area contributed by atoms with Crippen molar-refractivity contribution >= 4 is 21.4 Å². The van der Waals surface area contributed by atoms with Crippen molar-refractivity contribution in [3.05, 3.63) is 58.4 Å². The van der Waals surface area contributed by atoms with Gasteiger partial charge in [-0.1, -0.05) is 32.9 Å². The number of hydrogen-bond acceptors (Lipinski definition) is 4. The number of benzene rings is 2. The number of halogens is 1. The number of carbonyl (C=O) groups is 1. The Kier molecular flexibility index (Phi) is 4.91. The third kappa shape index (κ3) is 3.46. The average molecular weight is 403 g/mol. The Morgan fingerprint density at radius 2 is 1.75 bits per heavy atom. The van der Waals surface area contributed by atoms with Gasteiger partial charge in [0.15, 0.2) is 0 Å². The number of aliphatic carboxylic acids is 1. The SMILES string of the molecule is CC1N=c2ccc(F)c(S(=O)(=O)c3ccc(C(C)(C)C)cc3)c2=C1CC(=O)O. The molecule has 1 heterocycles. The molecule has 0 aliphatic carbocycles. The zero-order chi connectivity index (χ0) is 20.9. The summed E-state index contributed by atoms with van der Waals surface area (Å²) in [5.74, 6) is -2.03. The predicted molar refractivity (Wildman–Crippen MR) is 103 cm³/mol. The summed E-state index contributed by atoms with van der Waals surface area (Å²) in [7, 11) is -4.20. The quantitative estimate of drug-likeness (QED) is 0.851. The van der Waals surface area contributed by atoms with Crippen molar-refractivity contribution in [3.63, 3.8) is 0 Å². The molecular weight excluding hydrogens is 381 g/mol. The maximum absolute atomic E-state index is 14.8. The lowest BCUT2D eigenvalue weighted by molar-refractivity contribution is -0.135. The summed E-state index contributed by atoms with van der Waals surface area (Å²) in [5.41, 5.74) is 1.09. The fraction of sp³-hybridized carbons (Fsp3) is 0.333. The molecule has 0 amide bonds. The number of hydrogen-bond donors (Lipinski definition) is 1. The molecule has 0 spiro atoms. The summed E-state index contributed by atoms with van der Waals surface area (Å²) in [5, 5.41) is 9.58. The minimum Gasteiger partial charge on any atom is -0.481 e. The number of fused-ring (bicyclic) bond motifs is 1. The number of sulfone groups is 1. The Balaban J connectivity index is 2.28.